The zero-order chi connectivity index (χ0) is 12.4. The van der Waals surface area contributed by atoms with Crippen LogP contribution < -0.4 is 5.73 Å². The largest absolute Gasteiger partial charge is 0.481 e. The zero-order valence-corrected chi connectivity index (χ0v) is 9.90. The van der Waals surface area contributed by atoms with E-state index < -0.39 is 16.9 Å². The Hall–Kier alpha value is -1.42. The first-order chi connectivity index (χ1) is 7.27. The third-order valence-corrected chi connectivity index (χ3v) is 3.23. The highest BCUT2D eigenvalue weighted by Crippen LogP contribution is 2.36. The second-order valence-electron chi connectivity index (χ2n) is 4.87. The minimum Gasteiger partial charge on any atom is -0.481 e. The number of carboxylic acids is 1. The molecule has 1 heterocycles. The van der Waals surface area contributed by atoms with Gasteiger partial charge in [0.05, 0.1) is 6.42 Å². The first kappa shape index (κ1) is 12.6. The number of aromatic nitrogens is 1. The molecule has 16 heavy (non-hydrogen) atoms. The minimum atomic E-state index is -0.857. The summed E-state index contributed by atoms with van der Waals surface area (Å²) in [5.74, 6) is -0.857. The van der Waals surface area contributed by atoms with Gasteiger partial charge in [-0.3, -0.25) is 9.78 Å². The van der Waals surface area contributed by atoms with Crippen LogP contribution in [0.3, 0.4) is 0 Å². The van der Waals surface area contributed by atoms with Crippen molar-refractivity contribution in [2.24, 2.45) is 5.73 Å². The normalized spacial score (nSPS) is 15.5. The molecule has 4 nitrogen and oxygen atoms in total. The van der Waals surface area contributed by atoms with Crippen molar-refractivity contribution in [3.05, 3.63) is 30.1 Å². The molecule has 1 unspecified atom stereocenters. The Balaban J connectivity index is 3.21. The summed E-state index contributed by atoms with van der Waals surface area (Å²) >= 11 is 0. The summed E-state index contributed by atoms with van der Waals surface area (Å²) in [6.45, 7) is 5.53. The van der Waals surface area contributed by atoms with Crippen LogP contribution in [0.5, 0.6) is 0 Å². The molecule has 0 aliphatic carbocycles. The van der Waals surface area contributed by atoms with Crippen molar-refractivity contribution in [3.63, 3.8) is 0 Å². The molecule has 1 aromatic heterocycles. The molecule has 0 bridgehead atoms. The van der Waals surface area contributed by atoms with E-state index in [0.29, 0.717) is 0 Å². The van der Waals surface area contributed by atoms with E-state index in [1.54, 1.807) is 18.5 Å². The number of pyridine rings is 1. The van der Waals surface area contributed by atoms with E-state index in [1.165, 1.54) is 0 Å². The molecule has 0 spiro atoms. The van der Waals surface area contributed by atoms with Crippen LogP contribution in [0.4, 0.5) is 0 Å². The van der Waals surface area contributed by atoms with Crippen molar-refractivity contribution in [2.75, 3.05) is 0 Å². The quantitative estimate of drug-likeness (QED) is 0.810. The number of carboxylic acid groups (broad SMARTS) is 1. The first-order valence-corrected chi connectivity index (χ1v) is 5.18. The van der Waals surface area contributed by atoms with Crippen LogP contribution in [-0.2, 0) is 10.2 Å². The van der Waals surface area contributed by atoms with Crippen LogP contribution in [0.1, 0.15) is 32.8 Å². The predicted octanol–water partition coefficient (Wildman–Crippen LogP) is 1.55. The van der Waals surface area contributed by atoms with Crippen molar-refractivity contribution < 1.29 is 9.90 Å². The molecule has 0 amide bonds. The minimum absolute atomic E-state index is 0.0117. The Morgan fingerprint density at radius 1 is 1.50 bits per heavy atom. The number of nitrogens with two attached hydrogens (primary N) is 1. The van der Waals surface area contributed by atoms with E-state index in [0.717, 1.165) is 5.56 Å². The van der Waals surface area contributed by atoms with Gasteiger partial charge in [-0.1, -0.05) is 13.0 Å². The Kier molecular flexibility index (Phi) is 3.33. The van der Waals surface area contributed by atoms with Crippen LogP contribution in [0, 0.1) is 0 Å². The molecule has 0 saturated heterocycles. The number of hydrogen-bond donors (Lipinski definition) is 2. The summed E-state index contributed by atoms with van der Waals surface area (Å²) in [5.41, 5.74) is 5.69. The van der Waals surface area contributed by atoms with Crippen LogP contribution in [0.25, 0.3) is 0 Å². The number of aliphatic carboxylic acids is 1. The van der Waals surface area contributed by atoms with Crippen LogP contribution in [-0.4, -0.2) is 21.6 Å². The molecule has 1 rings (SSSR count). The third-order valence-electron chi connectivity index (χ3n) is 3.23. The fraction of sp³-hybridized carbons (Fsp3) is 0.500. The van der Waals surface area contributed by atoms with Gasteiger partial charge in [0.15, 0.2) is 0 Å². The highest BCUT2D eigenvalue weighted by atomic mass is 16.4. The third kappa shape index (κ3) is 2.39. The fourth-order valence-electron chi connectivity index (χ4n) is 1.69. The Labute approximate surface area is 95.5 Å². The van der Waals surface area contributed by atoms with Gasteiger partial charge in [-0.2, -0.15) is 0 Å². The molecule has 0 fully saturated rings. The first-order valence-electron chi connectivity index (χ1n) is 5.18. The number of rotatable bonds is 4. The van der Waals surface area contributed by atoms with E-state index in [-0.39, 0.29) is 6.42 Å². The lowest BCUT2D eigenvalue weighted by Gasteiger charge is -2.41. The van der Waals surface area contributed by atoms with Crippen LogP contribution in [0.2, 0.25) is 0 Å². The Morgan fingerprint density at radius 2 is 2.12 bits per heavy atom. The van der Waals surface area contributed by atoms with Gasteiger partial charge in [0.25, 0.3) is 0 Å². The summed E-state index contributed by atoms with van der Waals surface area (Å²) in [6, 6.07) is 3.66. The van der Waals surface area contributed by atoms with E-state index in [9.17, 15) is 4.79 Å². The Morgan fingerprint density at radius 3 is 2.50 bits per heavy atom. The monoisotopic (exact) mass is 222 g/mol. The lowest BCUT2D eigenvalue weighted by Crippen LogP contribution is -2.53. The second-order valence-corrected chi connectivity index (χ2v) is 4.87. The molecule has 0 radical (unpaired) electrons. The topological polar surface area (TPSA) is 76.2 Å². The van der Waals surface area contributed by atoms with Gasteiger partial charge in [0.2, 0.25) is 0 Å². The highest BCUT2D eigenvalue weighted by Gasteiger charge is 2.41. The maximum atomic E-state index is 11.0. The smallest absolute Gasteiger partial charge is 0.304 e. The lowest BCUT2D eigenvalue weighted by molar-refractivity contribution is -0.139. The van der Waals surface area contributed by atoms with Gasteiger partial charge in [0, 0.05) is 23.3 Å². The standard InChI is InChI=1S/C12H18N2O2/c1-11(2,13)12(3,7-10(15)16)9-5-4-6-14-8-9/h4-6,8H,7,13H2,1-3H3,(H,15,16). The highest BCUT2D eigenvalue weighted by molar-refractivity contribution is 5.69. The van der Waals surface area contributed by atoms with Crippen LogP contribution in [0.15, 0.2) is 24.5 Å². The van der Waals surface area contributed by atoms with Gasteiger partial charge < -0.3 is 10.8 Å². The Bertz CT molecular complexity index is 370. The summed E-state index contributed by atoms with van der Waals surface area (Å²) in [7, 11) is 0. The van der Waals surface area contributed by atoms with Gasteiger partial charge in [-0.25, -0.2) is 0 Å². The summed E-state index contributed by atoms with van der Waals surface area (Å²) in [4.78, 5) is 15.0. The second kappa shape index (κ2) is 4.22. The van der Waals surface area contributed by atoms with Crippen molar-refractivity contribution in [1.29, 1.82) is 0 Å². The van der Waals surface area contributed by atoms with Gasteiger partial charge in [-0.05, 0) is 25.5 Å². The number of nitrogens with zero attached hydrogens (tertiary/aromatic N) is 1. The molecule has 0 aromatic carbocycles. The van der Waals surface area contributed by atoms with Crippen molar-refractivity contribution in [2.45, 2.75) is 38.1 Å². The number of hydrogen-bond acceptors (Lipinski definition) is 3. The lowest BCUT2D eigenvalue weighted by atomic mass is 9.67. The summed E-state index contributed by atoms with van der Waals surface area (Å²) < 4.78 is 0. The van der Waals surface area contributed by atoms with Gasteiger partial charge in [0.1, 0.15) is 0 Å². The van der Waals surface area contributed by atoms with Crippen LogP contribution >= 0.6 is 0 Å². The maximum absolute atomic E-state index is 11.0. The molecular weight excluding hydrogens is 204 g/mol. The average Bonchev–Trinajstić information content (AvgIpc) is 2.16. The maximum Gasteiger partial charge on any atom is 0.304 e. The van der Waals surface area contributed by atoms with E-state index in [4.69, 9.17) is 10.8 Å². The van der Waals surface area contributed by atoms with E-state index in [1.807, 2.05) is 26.8 Å². The van der Waals surface area contributed by atoms with E-state index in [2.05, 4.69) is 4.98 Å². The van der Waals surface area contributed by atoms with Gasteiger partial charge >= 0.3 is 5.97 Å². The number of carbonyl (C=O) groups is 1. The summed E-state index contributed by atoms with van der Waals surface area (Å²) in [6.07, 6.45) is 3.33. The molecule has 0 aliphatic rings. The van der Waals surface area contributed by atoms with Crippen molar-refractivity contribution in [3.8, 4) is 0 Å². The molecular formula is C12H18N2O2. The molecule has 0 saturated carbocycles. The molecule has 0 aliphatic heterocycles. The van der Waals surface area contributed by atoms with Crippen molar-refractivity contribution >= 4 is 5.97 Å². The SMILES string of the molecule is CC(C)(N)C(C)(CC(=O)O)c1cccnc1. The van der Waals surface area contributed by atoms with Gasteiger partial charge in [-0.15, -0.1) is 0 Å². The fourth-order valence-corrected chi connectivity index (χ4v) is 1.69. The molecule has 1 atom stereocenters. The van der Waals surface area contributed by atoms with Crippen molar-refractivity contribution in [1.82, 2.24) is 4.98 Å². The predicted molar refractivity (Wildman–Crippen MR) is 62.1 cm³/mol. The van der Waals surface area contributed by atoms with E-state index >= 15 is 0 Å². The molecule has 88 valence electrons. The average molecular weight is 222 g/mol. The summed E-state index contributed by atoms with van der Waals surface area (Å²) in [5, 5.41) is 9.00. The molecule has 3 N–H and O–H groups in total. The molecule has 4 heteroatoms. The zero-order valence-electron chi connectivity index (χ0n) is 9.90. The molecule has 1 aromatic rings.